The van der Waals surface area contributed by atoms with Gasteiger partial charge in [0.2, 0.25) is 11.8 Å². The van der Waals surface area contributed by atoms with Crippen LogP contribution in [0.25, 0.3) is 10.8 Å². The zero-order valence-electron chi connectivity index (χ0n) is 27.6. The Morgan fingerprint density at radius 1 is 1.16 bits per heavy atom. The lowest BCUT2D eigenvalue weighted by Crippen LogP contribution is -2.63. The average molecular weight is 651 g/mol. The van der Waals surface area contributed by atoms with Crippen molar-refractivity contribution in [2.45, 2.75) is 89.8 Å². The molecular weight excluding hydrogens is 605 g/mol. The second-order valence-electron chi connectivity index (χ2n) is 14.5. The van der Waals surface area contributed by atoms with Gasteiger partial charge in [0.1, 0.15) is 28.5 Å². The van der Waals surface area contributed by atoms with Crippen LogP contribution < -0.4 is 9.64 Å². The number of ketones is 1. The zero-order valence-corrected chi connectivity index (χ0v) is 29.4. The number of hydrogen-bond acceptors (Lipinski definition) is 8. The first-order chi connectivity index (χ1) is 21.4. The number of rotatable bonds is 9. The number of aromatic nitrogens is 1. The number of Topliss-reactive ketones (excluding diaryl/α,β-unsaturated/α-hetero) is 1. The number of ether oxygens (including phenoxy) is 3. The van der Waals surface area contributed by atoms with Gasteiger partial charge in [-0.15, -0.1) is 11.3 Å². The van der Waals surface area contributed by atoms with E-state index in [1.54, 1.807) is 19.6 Å². The van der Waals surface area contributed by atoms with Gasteiger partial charge in [-0.25, -0.2) is 4.98 Å². The van der Waals surface area contributed by atoms with E-state index in [-0.39, 0.29) is 35.3 Å². The number of carbonyl (C=O) groups is 2. The van der Waals surface area contributed by atoms with E-state index in [0.717, 1.165) is 41.3 Å². The molecule has 1 amide bonds. The predicted molar refractivity (Wildman–Crippen MR) is 179 cm³/mol. The second-order valence-corrected chi connectivity index (χ2v) is 21.2. The summed E-state index contributed by atoms with van der Waals surface area (Å²) < 4.78 is 24.0. The van der Waals surface area contributed by atoms with Gasteiger partial charge in [-0.1, -0.05) is 58.1 Å². The number of amides is 1. The highest BCUT2D eigenvalue weighted by Crippen LogP contribution is 2.61. The molecule has 0 bridgehead atoms. The molecule has 1 saturated heterocycles. The summed E-state index contributed by atoms with van der Waals surface area (Å²) in [6.07, 6.45) is 5.72. The number of para-hydroxylation sites is 1. The monoisotopic (exact) mass is 650 g/mol. The van der Waals surface area contributed by atoms with Crippen molar-refractivity contribution in [1.82, 2.24) is 4.98 Å². The summed E-state index contributed by atoms with van der Waals surface area (Å²) in [6, 6.07) is 8.80. The predicted octanol–water partition coefficient (Wildman–Crippen LogP) is 8.09. The molecule has 6 rings (SSSR count). The normalized spacial score (nSPS) is 23.3. The van der Waals surface area contributed by atoms with Crippen LogP contribution in [0.4, 0.5) is 5.00 Å². The van der Waals surface area contributed by atoms with Crippen molar-refractivity contribution in [1.29, 1.82) is 0 Å². The van der Waals surface area contributed by atoms with Crippen LogP contribution in [0.2, 0.25) is 24.2 Å². The molecule has 1 saturated carbocycles. The van der Waals surface area contributed by atoms with Gasteiger partial charge in [0.05, 0.1) is 44.5 Å². The molecule has 3 atom stereocenters. The third-order valence-electron chi connectivity index (χ3n) is 11.0. The van der Waals surface area contributed by atoms with E-state index in [4.69, 9.17) is 18.6 Å². The molecule has 242 valence electrons. The van der Waals surface area contributed by atoms with Crippen molar-refractivity contribution in [2.24, 2.45) is 11.3 Å². The van der Waals surface area contributed by atoms with E-state index in [1.165, 1.54) is 11.3 Å². The molecule has 8 nitrogen and oxygen atoms in total. The molecule has 1 spiro atoms. The molecule has 3 aliphatic rings. The van der Waals surface area contributed by atoms with Crippen LogP contribution >= 0.6 is 11.3 Å². The first kappa shape index (κ1) is 32.2. The van der Waals surface area contributed by atoms with Gasteiger partial charge in [0.25, 0.3) is 0 Å². The highest BCUT2D eigenvalue weighted by molar-refractivity contribution is 7.20. The minimum Gasteiger partial charge on any atom is -0.496 e. The van der Waals surface area contributed by atoms with Gasteiger partial charge < -0.3 is 18.6 Å². The Balaban J connectivity index is 1.46. The van der Waals surface area contributed by atoms with Crippen LogP contribution in [0, 0.1) is 18.3 Å². The highest BCUT2D eigenvalue weighted by Gasteiger charge is 2.64. The molecule has 45 heavy (non-hydrogen) atoms. The number of fused-ring (bicyclic) bond motifs is 1. The summed E-state index contributed by atoms with van der Waals surface area (Å²) in [7, 11) is -0.137. The Bertz CT molecular complexity index is 1550. The first-order valence-corrected chi connectivity index (χ1v) is 20.2. The van der Waals surface area contributed by atoms with Crippen molar-refractivity contribution in [3.8, 4) is 16.5 Å². The van der Waals surface area contributed by atoms with Crippen LogP contribution in [0.3, 0.4) is 0 Å². The number of benzene rings is 1. The number of oxazole rings is 1. The van der Waals surface area contributed by atoms with Crippen molar-refractivity contribution in [3.63, 3.8) is 0 Å². The van der Waals surface area contributed by atoms with Crippen LogP contribution in [-0.2, 0) is 14.3 Å². The largest absolute Gasteiger partial charge is 0.496 e. The van der Waals surface area contributed by atoms with Gasteiger partial charge in [-0.3, -0.25) is 14.5 Å². The Labute approximate surface area is 271 Å². The maximum atomic E-state index is 15.1. The fourth-order valence-electron chi connectivity index (χ4n) is 7.09. The lowest BCUT2D eigenvalue weighted by molar-refractivity contribution is -0.135. The molecule has 0 N–H and O–H groups in total. The van der Waals surface area contributed by atoms with Crippen molar-refractivity contribution in [2.75, 3.05) is 31.8 Å². The molecule has 10 heteroatoms. The average Bonchev–Trinajstić information content (AvgIpc) is 3.65. The van der Waals surface area contributed by atoms with E-state index in [1.807, 2.05) is 36.1 Å². The molecular formula is C35H46N2O6SSi. The maximum Gasteiger partial charge on any atom is 0.242 e. The third kappa shape index (κ3) is 5.51. The lowest BCUT2D eigenvalue weighted by atomic mass is 9.55. The summed E-state index contributed by atoms with van der Waals surface area (Å²) in [5.74, 6) is 1.07. The van der Waals surface area contributed by atoms with Crippen LogP contribution in [0.15, 0.2) is 41.1 Å². The molecule has 1 aliphatic carbocycles. The van der Waals surface area contributed by atoms with E-state index in [0.29, 0.717) is 41.8 Å². The minimum absolute atomic E-state index is 0.00777. The zero-order chi connectivity index (χ0) is 32.1. The molecule has 3 unspecified atom stereocenters. The van der Waals surface area contributed by atoms with Crippen LogP contribution in [0.5, 0.6) is 5.75 Å². The molecule has 2 aromatic heterocycles. The Morgan fingerprint density at radius 2 is 1.89 bits per heavy atom. The fraction of sp³-hybridized carbons (Fsp3) is 0.571. The lowest BCUT2D eigenvalue weighted by Gasteiger charge is -2.54. The second kappa shape index (κ2) is 12.1. The number of anilines is 1. The minimum atomic E-state index is -1.80. The smallest absolute Gasteiger partial charge is 0.242 e. The topological polar surface area (TPSA) is 91.1 Å². The van der Waals surface area contributed by atoms with E-state index >= 15 is 4.79 Å². The molecule has 3 aromatic rings. The molecule has 2 aliphatic heterocycles. The van der Waals surface area contributed by atoms with Crippen molar-refractivity contribution in [3.05, 3.63) is 53.4 Å². The van der Waals surface area contributed by atoms with Crippen molar-refractivity contribution >= 4 is 36.1 Å². The van der Waals surface area contributed by atoms with E-state index < -0.39 is 19.6 Å². The number of carbonyl (C=O) groups excluding carboxylic acids is 2. The summed E-state index contributed by atoms with van der Waals surface area (Å²) in [6.45, 7) is 15.2. The maximum absolute atomic E-state index is 15.1. The quantitative estimate of drug-likeness (QED) is 0.171. The SMILES string of the molecule is COc1ccccc1C(CN1C(=O)C2(CCC2C[Si](C)(C)C(C)(C)C)C(=O)c2c1sc(-c1ncco1)c2C)OC1CCOCC1. The number of hydrogen-bond donors (Lipinski definition) is 0. The molecule has 2 fully saturated rings. The van der Waals surface area contributed by atoms with Gasteiger partial charge in [-0.2, -0.15) is 0 Å². The molecule has 0 radical (unpaired) electrons. The summed E-state index contributed by atoms with van der Waals surface area (Å²) >= 11 is 1.41. The van der Waals surface area contributed by atoms with Crippen molar-refractivity contribution < 1.29 is 28.2 Å². The summed E-state index contributed by atoms with van der Waals surface area (Å²) in [4.78, 5) is 36.9. The summed E-state index contributed by atoms with van der Waals surface area (Å²) in [5, 5.41) is 0.813. The van der Waals surface area contributed by atoms with Gasteiger partial charge >= 0.3 is 0 Å². The number of thiophene rings is 1. The standard InChI is InChI=1S/C35H46N2O6SSi/c1-22-28-30(38)35(15-12-23(35)21-45(6,7)34(2,3)4)33(39)37(32(28)44-29(22)31-36-16-19-42-31)20-27(43-24-13-17-41-18-14-24)25-10-8-9-11-26(25)40-5/h8-11,16,19,23-24,27H,12-15,17-18,20-21H2,1-7H3. The third-order valence-corrected chi connectivity index (χ3v) is 17.9. The number of nitrogens with zero attached hydrogens (tertiary/aromatic N) is 2. The van der Waals surface area contributed by atoms with Crippen LogP contribution in [0.1, 0.15) is 74.0 Å². The van der Waals surface area contributed by atoms with Gasteiger partial charge in [-0.05, 0) is 55.2 Å². The van der Waals surface area contributed by atoms with E-state index in [9.17, 15) is 4.79 Å². The molecule has 1 aromatic carbocycles. The van der Waals surface area contributed by atoms with Gasteiger partial charge in [0.15, 0.2) is 5.78 Å². The Kier molecular flexibility index (Phi) is 8.65. The number of methoxy groups -OCH3 is 1. The fourth-order valence-corrected chi connectivity index (χ4v) is 10.7. The Morgan fingerprint density at radius 3 is 2.51 bits per heavy atom. The summed E-state index contributed by atoms with van der Waals surface area (Å²) in [5.41, 5.74) is 1.29. The van der Waals surface area contributed by atoms with Gasteiger partial charge in [0, 0.05) is 18.8 Å². The highest BCUT2D eigenvalue weighted by atomic mass is 32.1. The van der Waals surface area contributed by atoms with Crippen LogP contribution in [-0.4, -0.2) is 57.7 Å². The molecule has 4 heterocycles. The Hall–Kier alpha value is -2.79. The van der Waals surface area contributed by atoms with E-state index in [2.05, 4.69) is 38.8 Å². The first-order valence-electron chi connectivity index (χ1n) is 16.1.